The van der Waals surface area contributed by atoms with Crippen LogP contribution in [0, 0.1) is 0 Å². The highest BCUT2D eigenvalue weighted by atomic mass is 32.2. The Kier molecular flexibility index (Phi) is 6.44. The third-order valence-electron chi connectivity index (χ3n) is 4.98. The van der Waals surface area contributed by atoms with Gasteiger partial charge in [0.1, 0.15) is 0 Å². The van der Waals surface area contributed by atoms with E-state index in [0.717, 1.165) is 31.0 Å². The first-order valence-electron chi connectivity index (χ1n) is 9.01. The topological polar surface area (TPSA) is 61.4 Å². The minimum Gasteiger partial charge on any atom is -0.313 e. The SMILES string of the molecule is CN1CC(SCC2CCCCN2)NC(c2ccc(S(C)(=O)=O)cc2)C1. The average molecular weight is 384 g/mol. The van der Waals surface area contributed by atoms with Crippen LogP contribution in [0.1, 0.15) is 30.9 Å². The molecule has 3 unspecified atom stereocenters. The molecule has 0 bridgehead atoms. The van der Waals surface area contributed by atoms with Gasteiger partial charge in [0.25, 0.3) is 0 Å². The van der Waals surface area contributed by atoms with Crippen LogP contribution in [-0.2, 0) is 9.84 Å². The molecule has 2 fully saturated rings. The van der Waals surface area contributed by atoms with Crippen molar-refractivity contribution < 1.29 is 8.42 Å². The number of rotatable bonds is 5. The van der Waals surface area contributed by atoms with Gasteiger partial charge in [-0.25, -0.2) is 8.42 Å². The normalized spacial score (nSPS) is 28.8. The summed E-state index contributed by atoms with van der Waals surface area (Å²) in [5.74, 6) is 1.14. The predicted molar refractivity (Wildman–Crippen MR) is 105 cm³/mol. The molecule has 7 heteroatoms. The number of nitrogens with one attached hydrogen (secondary N) is 2. The fourth-order valence-electron chi connectivity index (χ4n) is 3.55. The molecule has 1 aromatic carbocycles. The number of piperidine rings is 1. The molecule has 2 N–H and O–H groups in total. The van der Waals surface area contributed by atoms with Gasteiger partial charge in [-0.3, -0.25) is 5.32 Å². The third kappa shape index (κ3) is 5.44. The highest BCUT2D eigenvalue weighted by molar-refractivity contribution is 7.99. The van der Waals surface area contributed by atoms with Crippen molar-refractivity contribution >= 4 is 21.6 Å². The van der Waals surface area contributed by atoms with Gasteiger partial charge in [0.05, 0.1) is 10.3 Å². The minimum absolute atomic E-state index is 0.240. The average Bonchev–Trinajstić information content (AvgIpc) is 2.60. The van der Waals surface area contributed by atoms with Crippen molar-refractivity contribution in [1.29, 1.82) is 0 Å². The highest BCUT2D eigenvalue weighted by Crippen LogP contribution is 2.25. The van der Waals surface area contributed by atoms with Crippen molar-refractivity contribution in [3.63, 3.8) is 0 Å². The lowest BCUT2D eigenvalue weighted by Gasteiger charge is -2.37. The molecule has 0 radical (unpaired) electrons. The lowest BCUT2D eigenvalue weighted by atomic mass is 10.1. The maximum atomic E-state index is 11.6. The van der Waals surface area contributed by atoms with E-state index >= 15 is 0 Å². The van der Waals surface area contributed by atoms with Crippen LogP contribution in [0.5, 0.6) is 0 Å². The van der Waals surface area contributed by atoms with Gasteiger partial charge in [0.15, 0.2) is 9.84 Å². The van der Waals surface area contributed by atoms with E-state index in [9.17, 15) is 8.42 Å². The number of piperazine rings is 1. The summed E-state index contributed by atoms with van der Waals surface area (Å²) in [6.07, 6.45) is 5.18. The highest BCUT2D eigenvalue weighted by Gasteiger charge is 2.27. The summed E-state index contributed by atoms with van der Waals surface area (Å²) in [6.45, 7) is 3.13. The Morgan fingerprint density at radius 3 is 2.60 bits per heavy atom. The van der Waals surface area contributed by atoms with E-state index in [1.54, 1.807) is 12.1 Å². The number of hydrogen-bond donors (Lipinski definition) is 2. The Hall–Kier alpha value is -0.600. The third-order valence-corrected chi connectivity index (χ3v) is 7.39. The van der Waals surface area contributed by atoms with E-state index in [-0.39, 0.29) is 6.04 Å². The van der Waals surface area contributed by atoms with Crippen LogP contribution in [0.3, 0.4) is 0 Å². The van der Waals surface area contributed by atoms with Gasteiger partial charge in [-0.05, 0) is 44.1 Å². The molecular formula is C18H29N3O2S2. The smallest absolute Gasteiger partial charge is 0.175 e. The molecular weight excluding hydrogens is 354 g/mol. The summed E-state index contributed by atoms with van der Waals surface area (Å²) in [5, 5.41) is 7.76. The second-order valence-corrected chi connectivity index (χ2v) is 10.5. The van der Waals surface area contributed by atoms with Crippen molar-refractivity contribution in [1.82, 2.24) is 15.5 Å². The number of hydrogen-bond acceptors (Lipinski definition) is 6. The van der Waals surface area contributed by atoms with E-state index in [1.807, 2.05) is 23.9 Å². The van der Waals surface area contributed by atoms with Gasteiger partial charge in [-0.15, -0.1) is 11.8 Å². The number of thioether (sulfide) groups is 1. The molecule has 3 atom stereocenters. The predicted octanol–water partition coefficient (Wildman–Crippen LogP) is 1.87. The van der Waals surface area contributed by atoms with Crippen molar-refractivity contribution in [3.05, 3.63) is 29.8 Å². The molecule has 0 amide bonds. The maximum Gasteiger partial charge on any atom is 0.175 e. The fraction of sp³-hybridized carbons (Fsp3) is 0.667. The molecule has 0 saturated carbocycles. The van der Waals surface area contributed by atoms with Crippen LogP contribution in [0.25, 0.3) is 0 Å². The zero-order valence-corrected chi connectivity index (χ0v) is 16.7. The maximum absolute atomic E-state index is 11.6. The van der Waals surface area contributed by atoms with Gasteiger partial charge in [-0.1, -0.05) is 18.6 Å². The molecule has 5 nitrogen and oxygen atoms in total. The number of benzene rings is 1. The molecule has 2 aliphatic rings. The van der Waals surface area contributed by atoms with Crippen LogP contribution in [-0.4, -0.2) is 63.4 Å². The Labute approximate surface area is 155 Å². The van der Waals surface area contributed by atoms with E-state index in [1.165, 1.54) is 25.5 Å². The fourth-order valence-corrected chi connectivity index (χ4v) is 5.55. The summed E-state index contributed by atoms with van der Waals surface area (Å²) < 4.78 is 23.3. The molecule has 2 saturated heterocycles. The van der Waals surface area contributed by atoms with E-state index in [2.05, 4.69) is 22.6 Å². The molecule has 3 rings (SSSR count). The summed E-state index contributed by atoms with van der Waals surface area (Å²) in [7, 11) is -0.977. The van der Waals surface area contributed by atoms with Crippen LogP contribution < -0.4 is 10.6 Å². The molecule has 2 aliphatic heterocycles. The summed E-state index contributed by atoms with van der Waals surface area (Å²) in [5.41, 5.74) is 1.15. The zero-order valence-electron chi connectivity index (χ0n) is 15.1. The van der Waals surface area contributed by atoms with Crippen molar-refractivity contribution in [3.8, 4) is 0 Å². The zero-order chi connectivity index (χ0) is 17.9. The molecule has 140 valence electrons. The Morgan fingerprint density at radius 1 is 1.20 bits per heavy atom. The van der Waals surface area contributed by atoms with Gasteiger partial charge in [0.2, 0.25) is 0 Å². The quantitative estimate of drug-likeness (QED) is 0.809. The molecule has 2 heterocycles. The van der Waals surface area contributed by atoms with Crippen LogP contribution in [0.2, 0.25) is 0 Å². The second kappa shape index (κ2) is 8.39. The minimum atomic E-state index is -3.13. The van der Waals surface area contributed by atoms with Crippen molar-refractivity contribution in [2.75, 3.05) is 38.7 Å². The largest absolute Gasteiger partial charge is 0.313 e. The van der Waals surface area contributed by atoms with Gasteiger partial charge >= 0.3 is 0 Å². The number of likely N-dealkylation sites (N-methyl/N-ethyl adjacent to an activating group) is 1. The lowest BCUT2D eigenvalue weighted by Crippen LogP contribution is -2.50. The summed E-state index contributed by atoms with van der Waals surface area (Å²) in [6, 6.07) is 8.20. The number of nitrogens with zero attached hydrogens (tertiary/aromatic N) is 1. The Bertz CT molecular complexity index is 657. The summed E-state index contributed by atoms with van der Waals surface area (Å²) in [4.78, 5) is 2.74. The Morgan fingerprint density at radius 2 is 1.96 bits per heavy atom. The molecule has 1 aromatic rings. The van der Waals surface area contributed by atoms with Gasteiger partial charge in [-0.2, -0.15) is 0 Å². The first-order chi connectivity index (χ1) is 11.9. The van der Waals surface area contributed by atoms with Crippen LogP contribution >= 0.6 is 11.8 Å². The van der Waals surface area contributed by atoms with E-state index in [4.69, 9.17) is 0 Å². The lowest BCUT2D eigenvalue weighted by molar-refractivity contribution is 0.228. The van der Waals surface area contributed by atoms with Crippen molar-refractivity contribution in [2.24, 2.45) is 0 Å². The molecule has 0 aliphatic carbocycles. The van der Waals surface area contributed by atoms with Crippen LogP contribution in [0.15, 0.2) is 29.2 Å². The van der Waals surface area contributed by atoms with Gasteiger partial charge < -0.3 is 10.2 Å². The standard InChI is InChI=1S/C18H29N3O2S2/c1-21-11-17(14-6-8-16(9-7-14)25(2,22)23)20-18(12-21)24-13-15-5-3-4-10-19-15/h6-9,15,17-20H,3-5,10-13H2,1-2H3. The molecule has 0 spiro atoms. The van der Waals surface area contributed by atoms with Gasteiger partial charge in [0, 0.05) is 37.2 Å². The summed E-state index contributed by atoms with van der Waals surface area (Å²) >= 11 is 2.00. The number of sulfone groups is 1. The molecule has 0 aromatic heterocycles. The van der Waals surface area contributed by atoms with Crippen LogP contribution in [0.4, 0.5) is 0 Å². The van der Waals surface area contributed by atoms with E-state index in [0.29, 0.717) is 16.3 Å². The van der Waals surface area contributed by atoms with Crippen molar-refractivity contribution in [2.45, 2.75) is 41.6 Å². The first-order valence-corrected chi connectivity index (χ1v) is 12.0. The Balaban J connectivity index is 1.59. The first kappa shape index (κ1) is 19.2. The molecule has 25 heavy (non-hydrogen) atoms. The van der Waals surface area contributed by atoms with E-state index < -0.39 is 9.84 Å². The monoisotopic (exact) mass is 383 g/mol. The second-order valence-electron chi connectivity index (χ2n) is 7.25.